The number of fused-ring (bicyclic) bond motifs is 2. The summed E-state index contributed by atoms with van der Waals surface area (Å²) >= 11 is 7.75. The van der Waals surface area contributed by atoms with Crippen LogP contribution in [0.3, 0.4) is 0 Å². The summed E-state index contributed by atoms with van der Waals surface area (Å²) in [6, 6.07) is 11.3. The van der Waals surface area contributed by atoms with Crippen LogP contribution in [0.25, 0.3) is 10.8 Å². The van der Waals surface area contributed by atoms with Gasteiger partial charge in [-0.2, -0.15) is 0 Å². The van der Waals surface area contributed by atoms with E-state index in [0.717, 1.165) is 36.0 Å². The molecule has 26 heavy (non-hydrogen) atoms. The van der Waals surface area contributed by atoms with E-state index in [1.165, 1.54) is 16.2 Å². The van der Waals surface area contributed by atoms with E-state index in [0.29, 0.717) is 15.9 Å². The van der Waals surface area contributed by atoms with Gasteiger partial charge in [0.1, 0.15) is 5.75 Å². The third kappa shape index (κ3) is 3.53. The average molecular weight is 388 g/mol. The first-order valence-electron chi connectivity index (χ1n) is 8.37. The number of hydrogen-bond donors (Lipinski definition) is 1. The molecule has 1 aromatic heterocycles. The van der Waals surface area contributed by atoms with Crippen molar-refractivity contribution in [3.05, 3.63) is 52.0 Å². The van der Waals surface area contributed by atoms with Crippen LogP contribution >= 0.6 is 22.9 Å². The van der Waals surface area contributed by atoms with Crippen molar-refractivity contribution in [2.24, 2.45) is 0 Å². The number of rotatable bonds is 4. The predicted octanol–water partition coefficient (Wildman–Crippen LogP) is 3.96. The Bertz CT molecular complexity index is 973. The van der Waals surface area contributed by atoms with Crippen molar-refractivity contribution in [2.45, 2.75) is 13.0 Å². The fourth-order valence-corrected chi connectivity index (χ4v) is 4.37. The molecule has 134 valence electrons. The molecular weight excluding hydrogens is 370 g/mol. The Balaban J connectivity index is 1.43. The van der Waals surface area contributed by atoms with Crippen LogP contribution in [0, 0.1) is 0 Å². The van der Waals surface area contributed by atoms with E-state index in [1.807, 2.05) is 24.3 Å². The van der Waals surface area contributed by atoms with Crippen LogP contribution in [0.1, 0.15) is 10.6 Å². The third-order valence-electron chi connectivity index (χ3n) is 4.36. The summed E-state index contributed by atoms with van der Waals surface area (Å²) in [7, 11) is 2.09. The van der Waals surface area contributed by atoms with Crippen molar-refractivity contribution in [2.75, 3.05) is 25.5 Å². The Morgan fingerprint density at radius 3 is 2.96 bits per heavy atom. The Kier molecular flexibility index (Phi) is 4.80. The molecule has 0 fully saturated rings. The number of hydrogen-bond acceptors (Lipinski definition) is 5. The molecule has 0 bridgehead atoms. The fourth-order valence-electron chi connectivity index (χ4n) is 3.04. The highest BCUT2D eigenvalue weighted by molar-refractivity contribution is 7.15. The van der Waals surface area contributed by atoms with Crippen LogP contribution in [0.4, 0.5) is 5.13 Å². The van der Waals surface area contributed by atoms with Gasteiger partial charge in [0.2, 0.25) is 0 Å². The summed E-state index contributed by atoms with van der Waals surface area (Å²) in [5.41, 5.74) is 1.09. The van der Waals surface area contributed by atoms with Crippen molar-refractivity contribution < 1.29 is 9.53 Å². The SMILES string of the molecule is CN1CCc2nc(NC(=O)COc3ccc(Cl)c4ccccc34)sc2C1. The van der Waals surface area contributed by atoms with Crippen LogP contribution in [-0.2, 0) is 17.8 Å². The van der Waals surface area contributed by atoms with Crippen LogP contribution < -0.4 is 10.1 Å². The molecule has 3 aromatic rings. The van der Waals surface area contributed by atoms with Crippen molar-refractivity contribution >= 4 is 44.7 Å². The number of aromatic nitrogens is 1. The first-order chi connectivity index (χ1) is 12.6. The molecule has 1 amide bonds. The second-order valence-electron chi connectivity index (χ2n) is 6.30. The zero-order valence-corrected chi connectivity index (χ0v) is 15.9. The highest BCUT2D eigenvalue weighted by atomic mass is 35.5. The monoisotopic (exact) mass is 387 g/mol. The maximum Gasteiger partial charge on any atom is 0.264 e. The number of ether oxygens (including phenoxy) is 1. The first kappa shape index (κ1) is 17.3. The number of benzene rings is 2. The summed E-state index contributed by atoms with van der Waals surface area (Å²) in [6.45, 7) is 1.81. The summed E-state index contributed by atoms with van der Waals surface area (Å²) in [5, 5.41) is 5.94. The van der Waals surface area contributed by atoms with Gasteiger partial charge >= 0.3 is 0 Å². The predicted molar refractivity (Wildman–Crippen MR) is 105 cm³/mol. The van der Waals surface area contributed by atoms with Gasteiger partial charge in [-0.1, -0.05) is 35.9 Å². The van der Waals surface area contributed by atoms with Crippen molar-refractivity contribution in [3.8, 4) is 5.75 Å². The Morgan fingerprint density at radius 2 is 2.12 bits per heavy atom. The normalized spacial score (nSPS) is 14.2. The molecular formula is C19H18ClN3O2S. The second-order valence-corrected chi connectivity index (χ2v) is 7.80. The van der Waals surface area contributed by atoms with E-state index in [2.05, 4.69) is 22.2 Å². The topological polar surface area (TPSA) is 54.5 Å². The Hall–Kier alpha value is -2.15. The van der Waals surface area contributed by atoms with Gasteiger partial charge in [-0.15, -0.1) is 11.3 Å². The molecule has 5 nitrogen and oxygen atoms in total. The third-order valence-corrected chi connectivity index (χ3v) is 5.69. The molecule has 0 spiro atoms. The van der Waals surface area contributed by atoms with E-state index < -0.39 is 0 Å². The number of amides is 1. The number of thiazole rings is 1. The standard InChI is InChI=1S/C19H18ClN3O2S/c1-23-9-8-15-17(10-23)26-19(21-15)22-18(24)11-25-16-7-6-14(20)12-4-2-3-5-13(12)16/h2-7H,8-11H2,1H3,(H,21,22,24). The zero-order chi connectivity index (χ0) is 18.1. The molecule has 0 radical (unpaired) electrons. The number of halogens is 1. The van der Waals surface area contributed by atoms with E-state index in [4.69, 9.17) is 16.3 Å². The summed E-state index contributed by atoms with van der Waals surface area (Å²) in [4.78, 5) is 20.3. The molecule has 1 aliphatic heterocycles. The van der Waals surface area contributed by atoms with Gasteiger partial charge in [-0.3, -0.25) is 10.1 Å². The maximum atomic E-state index is 12.3. The lowest BCUT2D eigenvalue weighted by Crippen LogP contribution is -2.25. The van der Waals surface area contributed by atoms with E-state index in [1.54, 1.807) is 12.1 Å². The van der Waals surface area contributed by atoms with Gasteiger partial charge in [0.15, 0.2) is 11.7 Å². The Labute approximate surface area is 160 Å². The molecule has 2 aromatic carbocycles. The van der Waals surface area contributed by atoms with Gasteiger partial charge in [0, 0.05) is 40.2 Å². The lowest BCUT2D eigenvalue weighted by molar-refractivity contribution is -0.118. The van der Waals surface area contributed by atoms with E-state index in [-0.39, 0.29) is 12.5 Å². The largest absolute Gasteiger partial charge is 0.483 e. The lowest BCUT2D eigenvalue weighted by Gasteiger charge is -2.20. The molecule has 0 saturated carbocycles. The number of carbonyl (C=O) groups excluding carboxylic acids is 1. The van der Waals surface area contributed by atoms with Crippen LogP contribution in [0.2, 0.25) is 5.02 Å². The van der Waals surface area contributed by atoms with Crippen molar-refractivity contribution in [1.82, 2.24) is 9.88 Å². The van der Waals surface area contributed by atoms with Gasteiger partial charge in [0.05, 0.1) is 5.69 Å². The quantitative estimate of drug-likeness (QED) is 0.736. The molecule has 0 atom stereocenters. The minimum absolute atomic E-state index is 0.0736. The Morgan fingerprint density at radius 1 is 1.31 bits per heavy atom. The van der Waals surface area contributed by atoms with Crippen molar-refractivity contribution in [1.29, 1.82) is 0 Å². The fraction of sp³-hybridized carbons (Fsp3) is 0.263. The van der Waals surface area contributed by atoms with E-state index in [9.17, 15) is 4.79 Å². The molecule has 0 aliphatic carbocycles. The molecule has 4 rings (SSSR count). The molecule has 0 saturated heterocycles. The highest BCUT2D eigenvalue weighted by Crippen LogP contribution is 2.31. The maximum absolute atomic E-state index is 12.3. The number of nitrogens with one attached hydrogen (secondary N) is 1. The zero-order valence-electron chi connectivity index (χ0n) is 14.3. The molecule has 7 heteroatoms. The van der Waals surface area contributed by atoms with Gasteiger partial charge in [-0.05, 0) is 19.2 Å². The number of nitrogens with zero attached hydrogens (tertiary/aromatic N) is 2. The van der Waals surface area contributed by atoms with Crippen LogP contribution in [0.5, 0.6) is 5.75 Å². The number of carbonyl (C=O) groups is 1. The van der Waals surface area contributed by atoms with E-state index >= 15 is 0 Å². The van der Waals surface area contributed by atoms with Crippen molar-refractivity contribution in [3.63, 3.8) is 0 Å². The average Bonchev–Trinajstić information content (AvgIpc) is 3.02. The molecule has 1 N–H and O–H groups in total. The summed E-state index contributed by atoms with van der Waals surface area (Å²) in [5.74, 6) is 0.420. The molecule has 0 unspecified atom stereocenters. The minimum Gasteiger partial charge on any atom is -0.483 e. The minimum atomic E-state index is -0.219. The number of anilines is 1. The highest BCUT2D eigenvalue weighted by Gasteiger charge is 2.19. The lowest BCUT2D eigenvalue weighted by atomic mass is 10.1. The first-order valence-corrected chi connectivity index (χ1v) is 9.56. The summed E-state index contributed by atoms with van der Waals surface area (Å²) < 4.78 is 5.73. The van der Waals surface area contributed by atoms with Gasteiger partial charge in [-0.25, -0.2) is 4.98 Å². The molecule has 1 aliphatic rings. The van der Waals surface area contributed by atoms with Gasteiger partial charge in [0.25, 0.3) is 5.91 Å². The second kappa shape index (κ2) is 7.23. The number of likely N-dealkylation sites (N-methyl/N-ethyl adjacent to an activating group) is 1. The van der Waals surface area contributed by atoms with Gasteiger partial charge < -0.3 is 9.64 Å². The van der Waals surface area contributed by atoms with Crippen LogP contribution in [-0.4, -0.2) is 36.0 Å². The molecule has 2 heterocycles. The van der Waals surface area contributed by atoms with Crippen LogP contribution in [0.15, 0.2) is 36.4 Å². The summed E-state index contributed by atoms with van der Waals surface area (Å²) in [6.07, 6.45) is 0.922. The smallest absolute Gasteiger partial charge is 0.264 e.